The van der Waals surface area contributed by atoms with Crippen LogP contribution in [0.2, 0.25) is 0 Å². The van der Waals surface area contributed by atoms with Crippen molar-refractivity contribution in [3.8, 4) is 0 Å². The lowest BCUT2D eigenvalue weighted by molar-refractivity contribution is -0.126. The van der Waals surface area contributed by atoms with E-state index >= 15 is 0 Å². The maximum Gasteiger partial charge on any atom is 0.224 e. The van der Waals surface area contributed by atoms with Gasteiger partial charge in [-0.1, -0.05) is 20.8 Å². The van der Waals surface area contributed by atoms with Gasteiger partial charge in [0, 0.05) is 19.0 Å². The SMILES string of the molecule is CCC(CC)(CN)NC(=O)C(C)CNC. The van der Waals surface area contributed by atoms with Crippen molar-refractivity contribution in [3.63, 3.8) is 0 Å². The molecular formula is C11H25N3O. The molecule has 1 amide bonds. The number of hydrogen-bond acceptors (Lipinski definition) is 3. The van der Waals surface area contributed by atoms with Crippen LogP contribution in [0.3, 0.4) is 0 Å². The lowest BCUT2D eigenvalue weighted by atomic mass is 9.92. The van der Waals surface area contributed by atoms with E-state index in [-0.39, 0.29) is 17.4 Å². The molecule has 0 rings (SSSR count). The summed E-state index contributed by atoms with van der Waals surface area (Å²) in [4.78, 5) is 11.8. The second kappa shape index (κ2) is 6.80. The van der Waals surface area contributed by atoms with Gasteiger partial charge in [0.2, 0.25) is 5.91 Å². The normalized spacial score (nSPS) is 13.7. The highest BCUT2D eigenvalue weighted by Crippen LogP contribution is 2.14. The molecule has 0 heterocycles. The third kappa shape index (κ3) is 4.18. The fraction of sp³-hybridized carbons (Fsp3) is 0.909. The molecule has 4 N–H and O–H groups in total. The molecular weight excluding hydrogens is 190 g/mol. The van der Waals surface area contributed by atoms with Crippen molar-refractivity contribution >= 4 is 5.91 Å². The minimum atomic E-state index is -0.223. The Morgan fingerprint density at radius 3 is 2.27 bits per heavy atom. The lowest BCUT2D eigenvalue weighted by Gasteiger charge is -2.32. The van der Waals surface area contributed by atoms with Crippen molar-refractivity contribution in [2.75, 3.05) is 20.1 Å². The second-order valence-electron chi connectivity index (χ2n) is 4.14. The molecule has 1 unspecified atom stereocenters. The van der Waals surface area contributed by atoms with Crippen molar-refractivity contribution in [3.05, 3.63) is 0 Å². The van der Waals surface area contributed by atoms with E-state index in [0.29, 0.717) is 13.1 Å². The third-order valence-electron chi connectivity index (χ3n) is 3.09. The van der Waals surface area contributed by atoms with Gasteiger partial charge in [-0.3, -0.25) is 4.79 Å². The van der Waals surface area contributed by atoms with Gasteiger partial charge in [0.1, 0.15) is 0 Å². The van der Waals surface area contributed by atoms with Gasteiger partial charge in [-0.25, -0.2) is 0 Å². The number of rotatable bonds is 7. The van der Waals surface area contributed by atoms with Gasteiger partial charge in [0.15, 0.2) is 0 Å². The van der Waals surface area contributed by atoms with Crippen LogP contribution >= 0.6 is 0 Å². The Bertz CT molecular complexity index is 182. The van der Waals surface area contributed by atoms with E-state index < -0.39 is 0 Å². The number of nitrogens with two attached hydrogens (primary N) is 1. The fourth-order valence-corrected chi connectivity index (χ4v) is 1.55. The summed E-state index contributed by atoms with van der Waals surface area (Å²) in [6, 6.07) is 0. The first-order valence-electron chi connectivity index (χ1n) is 5.72. The molecule has 0 aliphatic heterocycles. The van der Waals surface area contributed by atoms with E-state index in [0.717, 1.165) is 12.8 Å². The Kier molecular flexibility index (Phi) is 6.52. The fourth-order valence-electron chi connectivity index (χ4n) is 1.55. The van der Waals surface area contributed by atoms with Crippen LogP contribution in [0, 0.1) is 5.92 Å². The highest BCUT2D eigenvalue weighted by atomic mass is 16.2. The van der Waals surface area contributed by atoms with E-state index in [1.807, 2.05) is 14.0 Å². The Labute approximate surface area is 93.0 Å². The molecule has 0 saturated heterocycles. The summed E-state index contributed by atoms with van der Waals surface area (Å²) in [6.45, 7) is 7.22. The average molecular weight is 215 g/mol. The lowest BCUT2D eigenvalue weighted by Crippen LogP contribution is -2.54. The molecule has 4 nitrogen and oxygen atoms in total. The summed E-state index contributed by atoms with van der Waals surface area (Å²) in [6.07, 6.45) is 1.75. The molecule has 0 aliphatic rings. The van der Waals surface area contributed by atoms with Crippen LogP contribution in [0.5, 0.6) is 0 Å². The number of carbonyl (C=O) groups is 1. The van der Waals surface area contributed by atoms with Crippen LogP contribution in [0.1, 0.15) is 33.6 Å². The van der Waals surface area contributed by atoms with E-state index in [2.05, 4.69) is 24.5 Å². The summed E-state index contributed by atoms with van der Waals surface area (Å²) < 4.78 is 0. The summed E-state index contributed by atoms with van der Waals surface area (Å²) in [5.74, 6) is 0.0672. The maximum absolute atomic E-state index is 11.8. The van der Waals surface area contributed by atoms with E-state index in [1.54, 1.807) is 0 Å². The molecule has 15 heavy (non-hydrogen) atoms. The van der Waals surface area contributed by atoms with Gasteiger partial charge < -0.3 is 16.4 Å². The Morgan fingerprint density at radius 2 is 1.93 bits per heavy atom. The van der Waals surface area contributed by atoms with Crippen molar-refractivity contribution in [1.82, 2.24) is 10.6 Å². The van der Waals surface area contributed by atoms with Gasteiger partial charge in [0.05, 0.1) is 5.54 Å². The molecule has 0 aromatic rings. The molecule has 0 fully saturated rings. The average Bonchev–Trinajstić information content (AvgIpc) is 2.26. The van der Waals surface area contributed by atoms with Crippen LogP contribution in [-0.4, -0.2) is 31.6 Å². The first-order chi connectivity index (χ1) is 7.05. The quantitative estimate of drug-likeness (QED) is 0.578. The number of nitrogens with one attached hydrogen (secondary N) is 2. The summed E-state index contributed by atoms with van der Waals surface area (Å²) >= 11 is 0. The van der Waals surface area contributed by atoms with Gasteiger partial charge in [-0.05, 0) is 19.9 Å². The van der Waals surface area contributed by atoms with Crippen LogP contribution in [0.25, 0.3) is 0 Å². The van der Waals surface area contributed by atoms with E-state index in [4.69, 9.17) is 5.73 Å². The summed E-state index contributed by atoms with van der Waals surface area (Å²) in [5, 5.41) is 6.06. The van der Waals surface area contributed by atoms with Crippen LogP contribution < -0.4 is 16.4 Å². The molecule has 0 aromatic carbocycles. The Hall–Kier alpha value is -0.610. The summed E-state index contributed by atoms with van der Waals surface area (Å²) in [7, 11) is 1.85. The van der Waals surface area contributed by atoms with Crippen molar-refractivity contribution in [2.45, 2.75) is 39.2 Å². The van der Waals surface area contributed by atoms with Crippen LogP contribution in [0.4, 0.5) is 0 Å². The summed E-state index contributed by atoms with van der Waals surface area (Å²) in [5.41, 5.74) is 5.50. The van der Waals surface area contributed by atoms with E-state index in [9.17, 15) is 4.79 Å². The first kappa shape index (κ1) is 14.4. The molecule has 0 saturated carbocycles. The number of amides is 1. The molecule has 4 heteroatoms. The zero-order chi connectivity index (χ0) is 11.9. The maximum atomic E-state index is 11.8. The smallest absolute Gasteiger partial charge is 0.224 e. The highest BCUT2D eigenvalue weighted by molar-refractivity contribution is 5.79. The predicted molar refractivity (Wildman–Crippen MR) is 63.6 cm³/mol. The van der Waals surface area contributed by atoms with Crippen molar-refractivity contribution in [2.24, 2.45) is 11.7 Å². The molecule has 1 atom stereocenters. The molecule has 0 radical (unpaired) electrons. The highest BCUT2D eigenvalue weighted by Gasteiger charge is 2.27. The minimum Gasteiger partial charge on any atom is -0.349 e. The van der Waals surface area contributed by atoms with Crippen molar-refractivity contribution < 1.29 is 4.79 Å². The predicted octanol–water partition coefficient (Wildman–Crippen LogP) is 0.476. The van der Waals surface area contributed by atoms with E-state index in [1.165, 1.54) is 0 Å². The minimum absolute atomic E-state index is 0.0148. The third-order valence-corrected chi connectivity index (χ3v) is 3.09. The largest absolute Gasteiger partial charge is 0.349 e. The van der Waals surface area contributed by atoms with Crippen LogP contribution in [-0.2, 0) is 4.79 Å². The molecule has 0 aromatic heterocycles. The topological polar surface area (TPSA) is 67.1 Å². The Morgan fingerprint density at radius 1 is 1.40 bits per heavy atom. The van der Waals surface area contributed by atoms with Gasteiger partial charge in [-0.15, -0.1) is 0 Å². The molecule has 0 aliphatic carbocycles. The second-order valence-corrected chi connectivity index (χ2v) is 4.14. The zero-order valence-corrected chi connectivity index (χ0v) is 10.4. The molecule has 0 spiro atoms. The number of hydrogen-bond donors (Lipinski definition) is 3. The Balaban J connectivity index is 4.34. The number of carbonyl (C=O) groups excluding carboxylic acids is 1. The molecule has 0 bridgehead atoms. The van der Waals surface area contributed by atoms with Gasteiger partial charge in [-0.2, -0.15) is 0 Å². The van der Waals surface area contributed by atoms with Gasteiger partial charge >= 0.3 is 0 Å². The van der Waals surface area contributed by atoms with Crippen LogP contribution in [0.15, 0.2) is 0 Å². The monoisotopic (exact) mass is 215 g/mol. The first-order valence-corrected chi connectivity index (χ1v) is 5.72. The van der Waals surface area contributed by atoms with Gasteiger partial charge in [0.25, 0.3) is 0 Å². The zero-order valence-electron chi connectivity index (χ0n) is 10.4. The standard InChI is InChI=1S/C11H25N3O/c1-5-11(6-2,8-12)14-10(15)9(3)7-13-4/h9,13H,5-8,12H2,1-4H3,(H,14,15). The van der Waals surface area contributed by atoms with Crippen molar-refractivity contribution in [1.29, 1.82) is 0 Å². The molecule has 90 valence electrons.